The lowest BCUT2D eigenvalue weighted by molar-refractivity contribution is 0.623. The second kappa shape index (κ2) is 5.70. The van der Waals surface area contributed by atoms with E-state index in [0.717, 1.165) is 5.02 Å². The largest absolute Gasteiger partial charge is 0.300 e. The molecule has 0 fully saturated rings. The van der Waals surface area contributed by atoms with Crippen LogP contribution in [0, 0.1) is 11.8 Å². The van der Waals surface area contributed by atoms with E-state index in [1.807, 2.05) is 25.1 Å². The first kappa shape index (κ1) is 11.1. The van der Waals surface area contributed by atoms with Gasteiger partial charge in [0.25, 0.3) is 0 Å². The highest BCUT2D eigenvalue weighted by Crippen LogP contribution is 2.16. The van der Waals surface area contributed by atoms with Crippen LogP contribution in [0.4, 0.5) is 0 Å². The zero-order valence-electron chi connectivity index (χ0n) is 8.47. The summed E-state index contributed by atoms with van der Waals surface area (Å²) in [6.07, 6.45) is 0. The molecule has 1 nitrogen and oxygen atoms in total. The standard InChI is InChI=1S/C12H14ClN/c1-3-4-8-14-10(2)11-6-5-7-12(13)9-11/h5-7,9-10,14H,8H2,1-2H3/t10-/m0/s1. The van der Waals surface area contributed by atoms with Crippen molar-refractivity contribution in [3.05, 3.63) is 34.9 Å². The van der Waals surface area contributed by atoms with Crippen molar-refractivity contribution < 1.29 is 0 Å². The molecule has 0 aliphatic heterocycles. The number of hydrogen-bond acceptors (Lipinski definition) is 1. The Balaban J connectivity index is 2.58. The third kappa shape index (κ3) is 3.41. The van der Waals surface area contributed by atoms with E-state index in [4.69, 9.17) is 11.6 Å². The predicted octanol–water partition coefficient (Wildman–Crippen LogP) is 3.01. The molecule has 14 heavy (non-hydrogen) atoms. The molecule has 1 rings (SSSR count). The maximum absolute atomic E-state index is 5.89. The molecule has 0 heterocycles. The van der Waals surface area contributed by atoms with Crippen LogP contribution in [0.1, 0.15) is 25.5 Å². The topological polar surface area (TPSA) is 12.0 Å². The third-order valence-corrected chi connectivity index (χ3v) is 2.26. The quantitative estimate of drug-likeness (QED) is 0.752. The molecule has 1 atom stereocenters. The molecule has 0 amide bonds. The molecular formula is C12H14ClN. The Kier molecular flexibility index (Phi) is 4.52. The summed E-state index contributed by atoms with van der Waals surface area (Å²) in [5.74, 6) is 5.82. The van der Waals surface area contributed by atoms with Crippen molar-refractivity contribution >= 4 is 11.6 Å². The Hall–Kier alpha value is -0.970. The molecule has 0 saturated heterocycles. The van der Waals surface area contributed by atoms with Gasteiger partial charge >= 0.3 is 0 Å². The Labute approximate surface area is 90.5 Å². The van der Waals surface area contributed by atoms with Crippen molar-refractivity contribution in [1.29, 1.82) is 0 Å². The lowest BCUT2D eigenvalue weighted by Gasteiger charge is -2.12. The summed E-state index contributed by atoms with van der Waals surface area (Å²) < 4.78 is 0. The van der Waals surface area contributed by atoms with Gasteiger partial charge in [-0.3, -0.25) is 5.32 Å². The summed E-state index contributed by atoms with van der Waals surface area (Å²) in [5.41, 5.74) is 1.19. The van der Waals surface area contributed by atoms with Gasteiger partial charge < -0.3 is 0 Å². The van der Waals surface area contributed by atoms with Crippen LogP contribution in [0.25, 0.3) is 0 Å². The molecule has 1 aromatic carbocycles. The fourth-order valence-corrected chi connectivity index (χ4v) is 1.39. The average molecular weight is 208 g/mol. The minimum atomic E-state index is 0.287. The maximum atomic E-state index is 5.89. The van der Waals surface area contributed by atoms with E-state index in [1.165, 1.54) is 5.56 Å². The fourth-order valence-electron chi connectivity index (χ4n) is 1.19. The SMILES string of the molecule is CC#CCN[C@@H](C)c1cccc(Cl)c1. The van der Waals surface area contributed by atoms with Gasteiger partial charge in [0.2, 0.25) is 0 Å². The molecule has 0 radical (unpaired) electrons. The van der Waals surface area contributed by atoms with Crippen molar-refractivity contribution in [1.82, 2.24) is 5.32 Å². The average Bonchev–Trinajstić information content (AvgIpc) is 2.18. The number of rotatable bonds is 3. The summed E-state index contributed by atoms with van der Waals surface area (Å²) in [5, 5.41) is 4.07. The summed E-state index contributed by atoms with van der Waals surface area (Å²) in [6, 6.07) is 8.15. The third-order valence-electron chi connectivity index (χ3n) is 2.02. The van der Waals surface area contributed by atoms with Crippen molar-refractivity contribution in [3.8, 4) is 11.8 Å². The second-order valence-corrected chi connectivity index (χ2v) is 3.52. The summed E-state index contributed by atoms with van der Waals surface area (Å²) in [7, 11) is 0. The molecule has 0 bridgehead atoms. The molecule has 1 aromatic rings. The number of nitrogens with one attached hydrogen (secondary N) is 1. The van der Waals surface area contributed by atoms with Crippen LogP contribution in [0.3, 0.4) is 0 Å². The molecule has 0 saturated carbocycles. The van der Waals surface area contributed by atoms with Crippen LogP contribution in [0.2, 0.25) is 5.02 Å². The Morgan fingerprint density at radius 2 is 2.29 bits per heavy atom. The molecule has 2 heteroatoms. The van der Waals surface area contributed by atoms with E-state index >= 15 is 0 Å². The van der Waals surface area contributed by atoms with Gasteiger partial charge in [-0.2, -0.15) is 0 Å². The summed E-state index contributed by atoms with van der Waals surface area (Å²) in [6.45, 7) is 4.65. The van der Waals surface area contributed by atoms with E-state index in [-0.39, 0.29) is 6.04 Å². The van der Waals surface area contributed by atoms with Crippen molar-refractivity contribution in [2.45, 2.75) is 19.9 Å². The minimum absolute atomic E-state index is 0.287. The van der Waals surface area contributed by atoms with Gasteiger partial charge in [0, 0.05) is 11.1 Å². The van der Waals surface area contributed by atoms with Gasteiger partial charge in [-0.15, -0.1) is 5.92 Å². The first-order chi connectivity index (χ1) is 6.74. The second-order valence-electron chi connectivity index (χ2n) is 3.08. The van der Waals surface area contributed by atoms with E-state index in [2.05, 4.69) is 30.1 Å². The highest BCUT2D eigenvalue weighted by molar-refractivity contribution is 6.30. The van der Waals surface area contributed by atoms with E-state index < -0.39 is 0 Å². The lowest BCUT2D eigenvalue weighted by Crippen LogP contribution is -2.18. The van der Waals surface area contributed by atoms with E-state index in [1.54, 1.807) is 0 Å². The first-order valence-electron chi connectivity index (χ1n) is 4.62. The molecule has 0 aliphatic rings. The van der Waals surface area contributed by atoms with Crippen LogP contribution < -0.4 is 5.32 Å². The molecule has 0 spiro atoms. The number of benzene rings is 1. The smallest absolute Gasteiger partial charge is 0.0581 e. The normalized spacial score (nSPS) is 11.6. The maximum Gasteiger partial charge on any atom is 0.0581 e. The Bertz CT molecular complexity index is 349. The minimum Gasteiger partial charge on any atom is -0.300 e. The fraction of sp³-hybridized carbons (Fsp3) is 0.333. The number of hydrogen-bond donors (Lipinski definition) is 1. The molecule has 0 unspecified atom stereocenters. The molecule has 0 aromatic heterocycles. The van der Waals surface area contributed by atoms with Gasteiger partial charge in [-0.25, -0.2) is 0 Å². The van der Waals surface area contributed by atoms with Gasteiger partial charge in [0.15, 0.2) is 0 Å². The highest BCUT2D eigenvalue weighted by Gasteiger charge is 2.02. The zero-order chi connectivity index (χ0) is 10.4. The highest BCUT2D eigenvalue weighted by atomic mass is 35.5. The molecular weight excluding hydrogens is 194 g/mol. The van der Waals surface area contributed by atoms with E-state index in [0.29, 0.717) is 6.54 Å². The van der Waals surface area contributed by atoms with Crippen molar-refractivity contribution in [2.24, 2.45) is 0 Å². The van der Waals surface area contributed by atoms with Crippen LogP contribution in [0.5, 0.6) is 0 Å². The van der Waals surface area contributed by atoms with Crippen LogP contribution in [0.15, 0.2) is 24.3 Å². The summed E-state index contributed by atoms with van der Waals surface area (Å²) in [4.78, 5) is 0. The first-order valence-corrected chi connectivity index (χ1v) is 5.00. The van der Waals surface area contributed by atoms with Crippen molar-refractivity contribution in [3.63, 3.8) is 0 Å². The zero-order valence-corrected chi connectivity index (χ0v) is 9.23. The molecule has 0 aliphatic carbocycles. The van der Waals surface area contributed by atoms with Gasteiger partial charge in [0.1, 0.15) is 0 Å². The van der Waals surface area contributed by atoms with Crippen LogP contribution in [-0.4, -0.2) is 6.54 Å². The monoisotopic (exact) mass is 207 g/mol. The molecule has 1 N–H and O–H groups in total. The van der Waals surface area contributed by atoms with Gasteiger partial charge in [-0.1, -0.05) is 29.7 Å². The Morgan fingerprint density at radius 1 is 1.50 bits per heavy atom. The van der Waals surface area contributed by atoms with Gasteiger partial charge in [0.05, 0.1) is 6.54 Å². The lowest BCUT2D eigenvalue weighted by atomic mass is 10.1. The van der Waals surface area contributed by atoms with Crippen molar-refractivity contribution in [2.75, 3.05) is 6.54 Å². The predicted molar refractivity (Wildman–Crippen MR) is 61.3 cm³/mol. The van der Waals surface area contributed by atoms with Crippen LogP contribution in [-0.2, 0) is 0 Å². The Morgan fingerprint density at radius 3 is 2.93 bits per heavy atom. The molecule has 74 valence electrons. The van der Waals surface area contributed by atoms with E-state index in [9.17, 15) is 0 Å². The van der Waals surface area contributed by atoms with Gasteiger partial charge in [-0.05, 0) is 31.5 Å². The summed E-state index contributed by atoms with van der Waals surface area (Å²) >= 11 is 5.89. The number of halogens is 1. The van der Waals surface area contributed by atoms with Crippen LogP contribution >= 0.6 is 11.6 Å².